The highest BCUT2D eigenvalue weighted by Gasteiger charge is 2.14. The summed E-state index contributed by atoms with van der Waals surface area (Å²) in [6.07, 6.45) is 4.69. The van der Waals surface area contributed by atoms with Gasteiger partial charge in [-0.1, -0.05) is 12.1 Å². The molecule has 2 amide bonds. The minimum absolute atomic E-state index is 0.112. The second-order valence-electron chi connectivity index (χ2n) is 4.90. The van der Waals surface area contributed by atoms with Crippen molar-refractivity contribution in [3.8, 4) is 0 Å². The highest BCUT2D eigenvalue weighted by Crippen LogP contribution is 2.27. The normalized spacial score (nSPS) is 14.3. The Morgan fingerprint density at radius 3 is 2.76 bits per heavy atom. The second kappa shape index (κ2) is 5.21. The van der Waals surface area contributed by atoms with Crippen LogP contribution >= 0.6 is 0 Å². The van der Waals surface area contributed by atoms with Crippen molar-refractivity contribution in [2.75, 3.05) is 5.32 Å². The quantitative estimate of drug-likeness (QED) is 0.808. The van der Waals surface area contributed by atoms with E-state index in [0.29, 0.717) is 0 Å². The monoisotopic (exact) mass is 232 g/mol. The molecule has 1 aromatic carbocycles. The lowest BCUT2D eigenvalue weighted by molar-refractivity contribution is 0.250. The number of rotatable bonds is 2. The molecule has 2 N–H and O–H groups in total. The fourth-order valence-corrected chi connectivity index (χ4v) is 2.32. The number of carbonyl (C=O) groups is 1. The molecule has 3 nitrogen and oxygen atoms in total. The van der Waals surface area contributed by atoms with Crippen LogP contribution in [0.5, 0.6) is 0 Å². The fourth-order valence-electron chi connectivity index (χ4n) is 2.32. The van der Waals surface area contributed by atoms with Crippen LogP contribution in [0.4, 0.5) is 10.5 Å². The van der Waals surface area contributed by atoms with Gasteiger partial charge >= 0.3 is 6.03 Å². The number of fused-ring (bicyclic) bond motifs is 1. The summed E-state index contributed by atoms with van der Waals surface area (Å²) in [6, 6.07) is 6.23. The third-order valence-electron chi connectivity index (χ3n) is 3.06. The van der Waals surface area contributed by atoms with Gasteiger partial charge in [-0.05, 0) is 56.7 Å². The van der Waals surface area contributed by atoms with E-state index in [1.54, 1.807) is 0 Å². The van der Waals surface area contributed by atoms with Gasteiger partial charge in [0.1, 0.15) is 0 Å². The van der Waals surface area contributed by atoms with Gasteiger partial charge in [0.25, 0.3) is 0 Å². The van der Waals surface area contributed by atoms with E-state index in [1.165, 1.54) is 24.0 Å². The first-order chi connectivity index (χ1) is 8.16. The predicted octanol–water partition coefficient (Wildman–Crippen LogP) is 3.10. The Kier molecular flexibility index (Phi) is 3.67. The minimum Gasteiger partial charge on any atom is -0.336 e. The molecule has 2 rings (SSSR count). The molecule has 0 unspecified atom stereocenters. The number of nitrogens with one attached hydrogen (secondary N) is 2. The van der Waals surface area contributed by atoms with Crippen molar-refractivity contribution in [1.29, 1.82) is 0 Å². The number of amides is 2. The number of carbonyl (C=O) groups excluding carboxylic acids is 1. The average molecular weight is 232 g/mol. The lowest BCUT2D eigenvalue weighted by atomic mass is 9.90. The summed E-state index contributed by atoms with van der Waals surface area (Å²) in [5.41, 5.74) is 3.68. The van der Waals surface area contributed by atoms with E-state index in [2.05, 4.69) is 16.7 Å². The largest absolute Gasteiger partial charge is 0.336 e. The van der Waals surface area contributed by atoms with Gasteiger partial charge in [-0.2, -0.15) is 0 Å². The first-order valence-electron chi connectivity index (χ1n) is 6.35. The summed E-state index contributed by atoms with van der Waals surface area (Å²) < 4.78 is 0. The Bertz CT molecular complexity index is 413. The van der Waals surface area contributed by atoms with Crippen molar-refractivity contribution in [2.45, 2.75) is 45.6 Å². The van der Waals surface area contributed by atoms with E-state index in [1.807, 2.05) is 26.0 Å². The summed E-state index contributed by atoms with van der Waals surface area (Å²) in [5.74, 6) is 0. The zero-order chi connectivity index (χ0) is 12.3. The molecular weight excluding hydrogens is 212 g/mol. The molecule has 0 radical (unpaired) electrons. The molecule has 0 spiro atoms. The van der Waals surface area contributed by atoms with Crippen LogP contribution in [0.2, 0.25) is 0 Å². The van der Waals surface area contributed by atoms with Gasteiger partial charge in [0.2, 0.25) is 0 Å². The topological polar surface area (TPSA) is 41.1 Å². The van der Waals surface area contributed by atoms with E-state index in [4.69, 9.17) is 0 Å². The van der Waals surface area contributed by atoms with Crippen molar-refractivity contribution >= 4 is 11.7 Å². The number of hydrogen-bond donors (Lipinski definition) is 2. The van der Waals surface area contributed by atoms with E-state index in [9.17, 15) is 4.79 Å². The molecule has 3 heteroatoms. The molecule has 0 heterocycles. The Balaban J connectivity index is 2.13. The molecule has 17 heavy (non-hydrogen) atoms. The molecule has 0 fully saturated rings. The van der Waals surface area contributed by atoms with E-state index >= 15 is 0 Å². The van der Waals surface area contributed by atoms with Crippen molar-refractivity contribution in [1.82, 2.24) is 5.32 Å². The minimum atomic E-state index is -0.112. The summed E-state index contributed by atoms with van der Waals surface area (Å²) in [7, 11) is 0. The van der Waals surface area contributed by atoms with Gasteiger partial charge in [-0.25, -0.2) is 4.79 Å². The van der Waals surface area contributed by atoms with Crippen molar-refractivity contribution in [2.24, 2.45) is 0 Å². The third-order valence-corrected chi connectivity index (χ3v) is 3.06. The maximum absolute atomic E-state index is 11.7. The number of benzene rings is 1. The van der Waals surface area contributed by atoms with Crippen LogP contribution in [-0.4, -0.2) is 12.1 Å². The van der Waals surface area contributed by atoms with E-state index in [-0.39, 0.29) is 12.1 Å². The zero-order valence-corrected chi connectivity index (χ0v) is 10.5. The van der Waals surface area contributed by atoms with Crippen LogP contribution in [-0.2, 0) is 12.8 Å². The SMILES string of the molecule is CC(C)NC(=O)Nc1cccc2c1CCCC2. The fraction of sp³-hybridized carbons (Fsp3) is 0.500. The van der Waals surface area contributed by atoms with Crippen molar-refractivity contribution in [3.05, 3.63) is 29.3 Å². The zero-order valence-electron chi connectivity index (χ0n) is 10.5. The first-order valence-corrected chi connectivity index (χ1v) is 6.35. The van der Waals surface area contributed by atoms with Gasteiger partial charge in [0.15, 0.2) is 0 Å². The Labute approximate surface area is 103 Å². The van der Waals surface area contributed by atoms with Crippen molar-refractivity contribution in [3.63, 3.8) is 0 Å². The molecule has 0 atom stereocenters. The Morgan fingerprint density at radius 2 is 2.00 bits per heavy atom. The van der Waals surface area contributed by atoms with Crippen LogP contribution < -0.4 is 10.6 Å². The summed E-state index contributed by atoms with van der Waals surface area (Å²) in [4.78, 5) is 11.7. The maximum Gasteiger partial charge on any atom is 0.319 e. The van der Waals surface area contributed by atoms with Crippen LogP contribution in [0.1, 0.15) is 37.8 Å². The molecule has 92 valence electrons. The van der Waals surface area contributed by atoms with Crippen LogP contribution in [0.25, 0.3) is 0 Å². The predicted molar refractivity (Wildman–Crippen MR) is 70.4 cm³/mol. The van der Waals surface area contributed by atoms with Crippen molar-refractivity contribution < 1.29 is 4.79 Å². The standard InChI is InChI=1S/C14H20N2O/c1-10(2)15-14(17)16-13-9-5-7-11-6-3-4-8-12(11)13/h5,7,9-10H,3-4,6,8H2,1-2H3,(H2,15,16,17). The number of anilines is 1. The summed E-state index contributed by atoms with van der Waals surface area (Å²) in [5, 5.41) is 5.80. The van der Waals surface area contributed by atoms with Gasteiger partial charge in [0.05, 0.1) is 0 Å². The van der Waals surface area contributed by atoms with Crippen LogP contribution in [0, 0.1) is 0 Å². The first kappa shape index (κ1) is 12.0. The lowest BCUT2D eigenvalue weighted by Gasteiger charge is -2.20. The smallest absolute Gasteiger partial charge is 0.319 e. The molecule has 1 aromatic rings. The molecule has 1 aliphatic carbocycles. The van der Waals surface area contributed by atoms with Gasteiger partial charge in [-0.3, -0.25) is 0 Å². The number of aryl methyl sites for hydroxylation is 1. The van der Waals surface area contributed by atoms with Gasteiger partial charge in [-0.15, -0.1) is 0 Å². The molecule has 1 aliphatic rings. The van der Waals surface area contributed by atoms with E-state index < -0.39 is 0 Å². The summed E-state index contributed by atoms with van der Waals surface area (Å²) in [6.45, 7) is 3.92. The highest BCUT2D eigenvalue weighted by atomic mass is 16.2. The molecule has 0 aromatic heterocycles. The molecule has 0 saturated heterocycles. The Morgan fingerprint density at radius 1 is 1.24 bits per heavy atom. The van der Waals surface area contributed by atoms with Crippen LogP contribution in [0.15, 0.2) is 18.2 Å². The molecular formula is C14H20N2O. The Hall–Kier alpha value is -1.51. The average Bonchev–Trinajstić information content (AvgIpc) is 2.28. The van der Waals surface area contributed by atoms with Gasteiger partial charge < -0.3 is 10.6 Å². The second-order valence-corrected chi connectivity index (χ2v) is 4.90. The third kappa shape index (κ3) is 2.99. The summed E-state index contributed by atoms with van der Waals surface area (Å²) >= 11 is 0. The van der Waals surface area contributed by atoms with Gasteiger partial charge in [0, 0.05) is 11.7 Å². The maximum atomic E-state index is 11.7. The molecule has 0 saturated carbocycles. The lowest BCUT2D eigenvalue weighted by Crippen LogP contribution is -2.34. The van der Waals surface area contributed by atoms with E-state index in [0.717, 1.165) is 18.5 Å². The number of hydrogen-bond acceptors (Lipinski definition) is 1. The van der Waals surface area contributed by atoms with Crippen LogP contribution in [0.3, 0.4) is 0 Å². The molecule has 0 aliphatic heterocycles. The number of urea groups is 1. The molecule has 0 bridgehead atoms. The highest BCUT2D eigenvalue weighted by molar-refractivity contribution is 5.90.